The average Bonchev–Trinajstić information content (AvgIpc) is 3.10. The average molecular weight is 711 g/mol. The Bertz CT molecular complexity index is 1170. The quantitative estimate of drug-likeness (QED) is 0.189. The van der Waals surface area contributed by atoms with Crippen LogP contribution in [0.25, 0.3) is 0 Å². The van der Waals surface area contributed by atoms with E-state index in [0.29, 0.717) is 18.6 Å². The molecule has 13 nitrogen and oxygen atoms in total. The number of carbonyl (C=O) groups is 1. The van der Waals surface area contributed by atoms with Gasteiger partial charge in [0.2, 0.25) is 0 Å². The third kappa shape index (κ3) is 9.54. The van der Waals surface area contributed by atoms with Gasteiger partial charge in [0.1, 0.15) is 42.4 Å². The standard InChI is InChI=1S/C37H58O13/c1-5-44-35(43)26(18-23-12-8-6-9-13-23)47-33-29(40)27(19-38)49-37(34(33)46-24-14-10-7-11-15-24)48-25-17-20(2)16-21(3)32(25)50-36-31(42)30(41)28(39)22(4)45-36/h7,10-11,14-15,20-23,25-34,36-42H,5-6,8-9,12-13,16-19H2,1-4H3/t20?,21?,22?,25?,26-,27?,28?,29?,30?,31?,32?,33?,34?,36?,37?/m0/s1. The van der Waals surface area contributed by atoms with Gasteiger partial charge in [-0.05, 0) is 63.0 Å². The highest BCUT2D eigenvalue weighted by Gasteiger charge is 2.52. The van der Waals surface area contributed by atoms with Crippen molar-refractivity contribution >= 4 is 5.97 Å². The van der Waals surface area contributed by atoms with Crippen molar-refractivity contribution in [3.8, 4) is 5.75 Å². The maximum atomic E-state index is 13.3. The van der Waals surface area contributed by atoms with E-state index in [-0.39, 0.29) is 24.4 Å². The van der Waals surface area contributed by atoms with Crippen molar-refractivity contribution in [3.05, 3.63) is 30.3 Å². The molecule has 0 amide bonds. The highest BCUT2D eigenvalue weighted by molar-refractivity contribution is 5.74. The number of benzene rings is 1. The molecular formula is C37H58O13. The Kier molecular flexibility index (Phi) is 14.3. The van der Waals surface area contributed by atoms with E-state index in [1.54, 1.807) is 38.1 Å². The molecule has 0 radical (unpaired) electrons. The zero-order chi connectivity index (χ0) is 35.9. The van der Waals surface area contributed by atoms with E-state index in [4.69, 9.17) is 33.2 Å². The molecular weight excluding hydrogens is 652 g/mol. The summed E-state index contributed by atoms with van der Waals surface area (Å²) >= 11 is 0. The fourth-order valence-electron chi connectivity index (χ4n) is 8.02. The summed E-state index contributed by atoms with van der Waals surface area (Å²) in [4.78, 5) is 13.3. The van der Waals surface area contributed by atoms with Crippen LogP contribution in [-0.4, -0.2) is 124 Å². The second-order valence-corrected chi connectivity index (χ2v) is 14.7. The Balaban J connectivity index is 1.44. The molecule has 284 valence electrons. The fraction of sp³-hybridized carbons (Fsp3) is 0.811. The van der Waals surface area contributed by atoms with E-state index in [9.17, 15) is 30.3 Å². The first kappa shape index (κ1) is 39.3. The summed E-state index contributed by atoms with van der Waals surface area (Å²) in [7, 11) is 0. The highest BCUT2D eigenvalue weighted by atomic mass is 16.7. The Hall–Kier alpha value is -1.91. The molecule has 5 N–H and O–H groups in total. The molecule has 4 fully saturated rings. The molecule has 0 spiro atoms. The molecule has 2 saturated carbocycles. The normalized spacial score (nSPS) is 40.6. The zero-order valence-corrected chi connectivity index (χ0v) is 29.7. The lowest BCUT2D eigenvalue weighted by molar-refractivity contribution is -0.347. The maximum Gasteiger partial charge on any atom is 0.335 e. The van der Waals surface area contributed by atoms with Crippen molar-refractivity contribution in [2.24, 2.45) is 17.8 Å². The van der Waals surface area contributed by atoms with E-state index < -0.39 is 92.3 Å². The molecule has 1 aromatic carbocycles. The smallest absolute Gasteiger partial charge is 0.335 e. The molecule has 2 aliphatic heterocycles. The van der Waals surface area contributed by atoms with E-state index in [0.717, 1.165) is 38.5 Å². The third-order valence-electron chi connectivity index (χ3n) is 10.7. The van der Waals surface area contributed by atoms with Crippen LogP contribution in [-0.2, 0) is 33.2 Å². The number of para-hydroxylation sites is 1. The number of rotatable bonds is 13. The summed E-state index contributed by atoms with van der Waals surface area (Å²) in [6.45, 7) is 7.04. The Morgan fingerprint density at radius 2 is 1.56 bits per heavy atom. The Labute approximate surface area is 295 Å². The van der Waals surface area contributed by atoms with Gasteiger partial charge in [-0.15, -0.1) is 0 Å². The largest absolute Gasteiger partial charge is 0.482 e. The van der Waals surface area contributed by atoms with E-state index in [1.807, 2.05) is 13.0 Å². The summed E-state index contributed by atoms with van der Waals surface area (Å²) < 4.78 is 43.6. The van der Waals surface area contributed by atoms with Crippen LogP contribution in [0.5, 0.6) is 5.75 Å². The van der Waals surface area contributed by atoms with Crippen molar-refractivity contribution in [3.63, 3.8) is 0 Å². The Morgan fingerprint density at radius 1 is 0.840 bits per heavy atom. The predicted molar refractivity (Wildman–Crippen MR) is 179 cm³/mol. The molecule has 0 aromatic heterocycles. The lowest BCUT2D eigenvalue weighted by Crippen LogP contribution is -2.64. The number of esters is 1. The number of ether oxygens (including phenoxy) is 7. The highest BCUT2D eigenvalue weighted by Crippen LogP contribution is 2.39. The van der Waals surface area contributed by atoms with Crippen LogP contribution in [0.1, 0.15) is 79.1 Å². The summed E-state index contributed by atoms with van der Waals surface area (Å²) in [6, 6.07) is 8.96. The fourth-order valence-corrected chi connectivity index (χ4v) is 8.02. The van der Waals surface area contributed by atoms with Crippen molar-refractivity contribution in [1.82, 2.24) is 0 Å². The molecule has 5 rings (SSSR count). The monoisotopic (exact) mass is 710 g/mol. The molecule has 0 bridgehead atoms. The van der Waals surface area contributed by atoms with Gasteiger partial charge in [-0.25, -0.2) is 4.79 Å². The minimum absolute atomic E-state index is 0.0779. The van der Waals surface area contributed by atoms with Gasteiger partial charge < -0.3 is 58.7 Å². The van der Waals surface area contributed by atoms with Gasteiger partial charge in [-0.1, -0.05) is 64.2 Å². The van der Waals surface area contributed by atoms with E-state index in [2.05, 4.69) is 6.92 Å². The molecule has 14 unspecified atom stereocenters. The molecule has 15 atom stereocenters. The summed E-state index contributed by atoms with van der Waals surface area (Å²) in [5.41, 5.74) is 0. The molecule has 1 aromatic rings. The first-order valence-corrected chi connectivity index (χ1v) is 18.5. The number of aliphatic hydroxyl groups excluding tert-OH is 5. The van der Waals surface area contributed by atoms with Crippen LogP contribution in [0.15, 0.2) is 30.3 Å². The van der Waals surface area contributed by atoms with E-state index >= 15 is 0 Å². The topological polar surface area (TPSA) is 183 Å². The van der Waals surface area contributed by atoms with E-state index in [1.165, 1.54) is 0 Å². The van der Waals surface area contributed by atoms with Crippen LogP contribution < -0.4 is 4.74 Å². The molecule has 13 heteroatoms. The maximum absolute atomic E-state index is 13.3. The molecule has 2 aliphatic carbocycles. The first-order valence-electron chi connectivity index (χ1n) is 18.5. The summed E-state index contributed by atoms with van der Waals surface area (Å²) in [5.74, 6) is 0.323. The lowest BCUT2D eigenvalue weighted by Gasteiger charge is -2.48. The van der Waals surface area contributed by atoms with Crippen molar-refractivity contribution in [2.45, 2.75) is 159 Å². The van der Waals surface area contributed by atoms with Gasteiger partial charge in [-0.3, -0.25) is 0 Å². The van der Waals surface area contributed by atoms with Crippen molar-refractivity contribution in [1.29, 1.82) is 0 Å². The summed E-state index contributed by atoms with van der Waals surface area (Å²) in [6.07, 6.45) is -7.51. The SMILES string of the molecule is CCOC(=O)[C@H](CC1CCCCC1)OC1C(O)C(CO)OC(OC2CC(C)CC(C)C2OC2OC(C)C(O)C(O)C2O)C1Oc1ccccc1. The predicted octanol–water partition coefficient (Wildman–Crippen LogP) is 2.46. The minimum atomic E-state index is -1.50. The molecule has 2 heterocycles. The number of aliphatic hydroxyl groups is 5. The number of hydrogen-bond acceptors (Lipinski definition) is 13. The summed E-state index contributed by atoms with van der Waals surface area (Å²) in [5, 5.41) is 53.4. The van der Waals surface area contributed by atoms with Crippen LogP contribution in [0, 0.1) is 17.8 Å². The second-order valence-electron chi connectivity index (χ2n) is 14.7. The van der Waals surface area contributed by atoms with Crippen LogP contribution >= 0.6 is 0 Å². The van der Waals surface area contributed by atoms with Gasteiger partial charge in [0, 0.05) is 0 Å². The van der Waals surface area contributed by atoms with Gasteiger partial charge in [0.15, 0.2) is 24.8 Å². The van der Waals surface area contributed by atoms with Crippen LogP contribution in [0.4, 0.5) is 0 Å². The molecule has 4 aliphatic rings. The minimum Gasteiger partial charge on any atom is -0.482 e. The van der Waals surface area contributed by atoms with Gasteiger partial charge in [0.05, 0.1) is 31.5 Å². The zero-order valence-electron chi connectivity index (χ0n) is 29.7. The van der Waals surface area contributed by atoms with Crippen molar-refractivity contribution < 1.29 is 63.5 Å². The number of hydrogen-bond donors (Lipinski definition) is 5. The number of carbonyl (C=O) groups excluding carboxylic acids is 1. The Morgan fingerprint density at radius 3 is 2.24 bits per heavy atom. The van der Waals surface area contributed by atoms with Gasteiger partial charge in [0.25, 0.3) is 0 Å². The van der Waals surface area contributed by atoms with Crippen molar-refractivity contribution in [2.75, 3.05) is 13.2 Å². The van der Waals surface area contributed by atoms with Crippen LogP contribution in [0.3, 0.4) is 0 Å². The molecule has 50 heavy (non-hydrogen) atoms. The lowest BCUT2D eigenvalue weighted by atomic mass is 9.79. The third-order valence-corrected chi connectivity index (χ3v) is 10.7. The van der Waals surface area contributed by atoms with Gasteiger partial charge in [-0.2, -0.15) is 0 Å². The van der Waals surface area contributed by atoms with Gasteiger partial charge >= 0.3 is 5.97 Å². The molecule has 2 saturated heterocycles. The van der Waals surface area contributed by atoms with Crippen LogP contribution in [0.2, 0.25) is 0 Å². The second kappa shape index (κ2) is 18.2. The first-order chi connectivity index (χ1) is 24.0.